The van der Waals surface area contributed by atoms with E-state index in [4.69, 9.17) is 0 Å². The highest BCUT2D eigenvalue weighted by Gasteiger charge is 2.11. The normalized spacial score (nSPS) is 10.2. The third kappa shape index (κ3) is 3.78. The van der Waals surface area contributed by atoms with Crippen molar-refractivity contribution in [1.29, 1.82) is 0 Å². The monoisotopic (exact) mass is 288 g/mol. The smallest absolute Gasteiger partial charge is 0.305 e. The average Bonchev–Trinajstić information content (AvgIpc) is 2.96. The summed E-state index contributed by atoms with van der Waals surface area (Å²) in [5.41, 5.74) is 0.704. The van der Waals surface area contributed by atoms with Crippen LogP contribution in [0.5, 0.6) is 0 Å². The summed E-state index contributed by atoms with van der Waals surface area (Å²) in [5.74, 6) is -0.142. The summed E-state index contributed by atoms with van der Waals surface area (Å²) >= 11 is 1.49. The molecule has 0 spiro atoms. The standard InChI is InChI=1S/C16H16O3S/c1-19-15(17)9-5-8-13-10-11-14(20-13)16(18)12-6-3-2-4-7-12/h2-4,6-7,10-11H,5,8-9H2,1H3. The summed E-state index contributed by atoms with van der Waals surface area (Å²) in [6, 6.07) is 13.1. The third-order valence-electron chi connectivity index (χ3n) is 2.95. The maximum Gasteiger partial charge on any atom is 0.305 e. The third-order valence-corrected chi connectivity index (χ3v) is 4.10. The van der Waals surface area contributed by atoms with Crippen LogP contribution in [0.15, 0.2) is 42.5 Å². The number of carbonyl (C=O) groups excluding carboxylic acids is 2. The van der Waals surface area contributed by atoms with E-state index < -0.39 is 0 Å². The van der Waals surface area contributed by atoms with Gasteiger partial charge in [-0.3, -0.25) is 9.59 Å². The van der Waals surface area contributed by atoms with Gasteiger partial charge in [-0.15, -0.1) is 11.3 Å². The van der Waals surface area contributed by atoms with E-state index in [0.29, 0.717) is 12.0 Å². The fraction of sp³-hybridized carbons (Fsp3) is 0.250. The molecule has 1 aromatic carbocycles. The SMILES string of the molecule is COC(=O)CCCc1ccc(C(=O)c2ccccc2)s1. The highest BCUT2D eigenvalue weighted by Crippen LogP contribution is 2.21. The molecular weight excluding hydrogens is 272 g/mol. The van der Waals surface area contributed by atoms with Crippen molar-refractivity contribution in [3.8, 4) is 0 Å². The average molecular weight is 288 g/mol. The lowest BCUT2D eigenvalue weighted by Crippen LogP contribution is -2.00. The zero-order valence-corrected chi connectivity index (χ0v) is 12.1. The van der Waals surface area contributed by atoms with Gasteiger partial charge in [0.05, 0.1) is 12.0 Å². The quantitative estimate of drug-likeness (QED) is 0.604. The summed E-state index contributed by atoms with van der Waals surface area (Å²) in [6.45, 7) is 0. The van der Waals surface area contributed by atoms with Gasteiger partial charge in [0, 0.05) is 16.9 Å². The Labute approximate surface area is 122 Å². The first-order valence-corrected chi connectivity index (χ1v) is 7.27. The minimum Gasteiger partial charge on any atom is -0.469 e. The first-order chi connectivity index (χ1) is 9.70. The molecule has 2 rings (SSSR count). The second kappa shape index (κ2) is 7.01. The maximum absolute atomic E-state index is 12.2. The van der Waals surface area contributed by atoms with Crippen molar-refractivity contribution >= 4 is 23.1 Å². The lowest BCUT2D eigenvalue weighted by Gasteiger charge is -1.98. The lowest BCUT2D eigenvalue weighted by molar-refractivity contribution is -0.140. The predicted octanol–water partition coefficient (Wildman–Crippen LogP) is 3.47. The minimum atomic E-state index is -0.192. The van der Waals surface area contributed by atoms with Crippen LogP contribution in [0.1, 0.15) is 33.0 Å². The number of ether oxygens (including phenoxy) is 1. The largest absolute Gasteiger partial charge is 0.469 e. The van der Waals surface area contributed by atoms with Crippen LogP contribution < -0.4 is 0 Å². The van der Waals surface area contributed by atoms with Crippen LogP contribution in [0, 0.1) is 0 Å². The molecule has 0 atom stereocenters. The second-order valence-electron chi connectivity index (χ2n) is 4.39. The van der Waals surface area contributed by atoms with E-state index in [2.05, 4.69) is 4.74 Å². The Balaban J connectivity index is 1.95. The summed E-state index contributed by atoms with van der Waals surface area (Å²) in [4.78, 5) is 25.1. The van der Waals surface area contributed by atoms with Crippen molar-refractivity contribution in [2.24, 2.45) is 0 Å². The van der Waals surface area contributed by atoms with Crippen molar-refractivity contribution < 1.29 is 14.3 Å². The molecule has 0 amide bonds. The Morgan fingerprint density at radius 3 is 2.55 bits per heavy atom. The number of hydrogen-bond acceptors (Lipinski definition) is 4. The Hall–Kier alpha value is -1.94. The van der Waals surface area contributed by atoms with Gasteiger partial charge in [-0.25, -0.2) is 0 Å². The molecule has 0 saturated heterocycles. The first kappa shape index (κ1) is 14.5. The second-order valence-corrected chi connectivity index (χ2v) is 5.56. The van der Waals surface area contributed by atoms with Crippen LogP contribution in [0.25, 0.3) is 0 Å². The van der Waals surface area contributed by atoms with E-state index in [-0.39, 0.29) is 11.8 Å². The van der Waals surface area contributed by atoms with Crippen molar-refractivity contribution in [1.82, 2.24) is 0 Å². The van der Waals surface area contributed by atoms with Gasteiger partial charge in [0.1, 0.15) is 0 Å². The predicted molar refractivity (Wildman–Crippen MR) is 79.1 cm³/mol. The Bertz CT molecular complexity index is 587. The van der Waals surface area contributed by atoms with E-state index in [1.165, 1.54) is 18.4 Å². The fourth-order valence-corrected chi connectivity index (χ4v) is 2.89. The number of ketones is 1. The molecule has 3 nitrogen and oxygen atoms in total. The molecule has 0 N–H and O–H groups in total. The van der Waals surface area contributed by atoms with Gasteiger partial charge >= 0.3 is 5.97 Å². The van der Waals surface area contributed by atoms with E-state index in [9.17, 15) is 9.59 Å². The molecule has 0 aliphatic carbocycles. The van der Waals surface area contributed by atoms with Gasteiger partial charge in [0.25, 0.3) is 0 Å². The van der Waals surface area contributed by atoms with Crippen LogP contribution >= 0.6 is 11.3 Å². The van der Waals surface area contributed by atoms with Crippen molar-refractivity contribution in [3.05, 3.63) is 57.8 Å². The van der Waals surface area contributed by atoms with Gasteiger partial charge in [0.2, 0.25) is 5.78 Å². The van der Waals surface area contributed by atoms with E-state index >= 15 is 0 Å². The number of methoxy groups -OCH3 is 1. The number of carbonyl (C=O) groups is 2. The van der Waals surface area contributed by atoms with E-state index in [1.807, 2.05) is 42.5 Å². The number of rotatable bonds is 6. The van der Waals surface area contributed by atoms with Gasteiger partial charge in [-0.2, -0.15) is 0 Å². The molecule has 0 aliphatic rings. The molecule has 0 aliphatic heterocycles. The zero-order chi connectivity index (χ0) is 14.4. The number of hydrogen-bond donors (Lipinski definition) is 0. The Kier molecular flexibility index (Phi) is 5.07. The maximum atomic E-state index is 12.2. The Morgan fingerprint density at radius 1 is 1.10 bits per heavy atom. The molecule has 1 aromatic heterocycles. The molecule has 0 bridgehead atoms. The van der Waals surface area contributed by atoms with Crippen molar-refractivity contribution in [2.75, 3.05) is 7.11 Å². The molecular formula is C16H16O3S. The topological polar surface area (TPSA) is 43.4 Å². The highest BCUT2D eigenvalue weighted by atomic mass is 32.1. The summed E-state index contributed by atoms with van der Waals surface area (Å²) in [6.07, 6.45) is 1.95. The van der Waals surface area contributed by atoms with E-state index in [0.717, 1.165) is 22.6 Å². The molecule has 0 saturated carbocycles. The molecule has 0 fully saturated rings. The molecule has 1 heterocycles. The zero-order valence-electron chi connectivity index (χ0n) is 11.3. The number of benzene rings is 1. The van der Waals surface area contributed by atoms with E-state index in [1.54, 1.807) is 0 Å². The Morgan fingerprint density at radius 2 is 1.85 bits per heavy atom. The number of aryl methyl sites for hydroxylation is 1. The van der Waals surface area contributed by atoms with Gasteiger partial charge in [-0.05, 0) is 25.0 Å². The highest BCUT2D eigenvalue weighted by molar-refractivity contribution is 7.14. The summed E-state index contributed by atoms with van der Waals surface area (Å²) in [5, 5.41) is 0. The van der Waals surface area contributed by atoms with Crippen LogP contribution in [0.4, 0.5) is 0 Å². The molecule has 2 aromatic rings. The molecule has 20 heavy (non-hydrogen) atoms. The van der Waals surface area contributed by atoms with Crippen LogP contribution in [0.3, 0.4) is 0 Å². The van der Waals surface area contributed by atoms with Crippen molar-refractivity contribution in [3.63, 3.8) is 0 Å². The molecule has 0 radical (unpaired) electrons. The van der Waals surface area contributed by atoms with Crippen molar-refractivity contribution in [2.45, 2.75) is 19.3 Å². The molecule has 104 valence electrons. The summed E-state index contributed by atoms with van der Waals surface area (Å²) in [7, 11) is 1.39. The lowest BCUT2D eigenvalue weighted by atomic mass is 10.1. The van der Waals surface area contributed by atoms with Gasteiger partial charge in [0.15, 0.2) is 0 Å². The summed E-state index contributed by atoms with van der Waals surface area (Å²) < 4.78 is 4.60. The molecule has 0 unspecified atom stereocenters. The molecule has 4 heteroatoms. The number of esters is 1. The van der Waals surface area contributed by atoms with Crippen LogP contribution in [-0.4, -0.2) is 18.9 Å². The van der Waals surface area contributed by atoms with Crippen LogP contribution in [-0.2, 0) is 16.0 Å². The first-order valence-electron chi connectivity index (χ1n) is 6.46. The van der Waals surface area contributed by atoms with Gasteiger partial charge in [-0.1, -0.05) is 30.3 Å². The van der Waals surface area contributed by atoms with Gasteiger partial charge < -0.3 is 4.74 Å². The van der Waals surface area contributed by atoms with Crippen LogP contribution in [0.2, 0.25) is 0 Å². The fourth-order valence-electron chi connectivity index (χ4n) is 1.88. The minimum absolute atomic E-state index is 0.0508. The number of thiophene rings is 1.